The predicted molar refractivity (Wildman–Crippen MR) is 89.6 cm³/mol. The van der Waals surface area contributed by atoms with Gasteiger partial charge in [-0.3, -0.25) is 0 Å². The fourth-order valence-electron chi connectivity index (χ4n) is 2.31. The van der Waals surface area contributed by atoms with Gasteiger partial charge in [0.05, 0.1) is 5.09 Å². The first-order valence-electron chi connectivity index (χ1n) is 7.03. The normalized spacial score (nSPS) is 9.78. The molecule has 3 aromatic rings. The maximum atomic E-state index is 8.25. The Bertz CT molecular complexity index is 621. The summed E-state index contributed by atoms with van der Waals surface area (Å²) in [7, 11) is 0. The molecule has 0 fully saturated rings. The van der Waals surface area contributed by atoms with Crippen LogP contribution in [0.25, 0.3) is 0 Å². The van der Waals surface area contributed by atoms with Gasteiger partial charge in [0.1, 0.15) is 17.1 Å². The third-order valence-corrected chi connectivity index (χ3v) is 3.19. The lowest BCUT2D eigenvalue weighted by molar-refractivity contribution is -0.681. The van der Waals surface area contributed by atoms with E-state index in [4.69, 9.17) is 15.3 Å². The van der Waals surface area contributed by atoms with Crippen molar-refractivity contribution in [2.24, 2.45) is 0 Å². The van der Waals surface area contributed by atoms with Gasteiger partial charge in [0.2, 0.25) is 0 Å². The second kappa shape index (κ2) is 8.31. The molecule has 0 aliphatic rings. The molecule has 5 heteroatoms. The summed E-state index contributed by atoms with van der Waals surface area (Å²) in [6.45, 7) is 0. The first kappa shape index (κ1) is 16.2. The molecule has 116 valence electrons. The predicted octanol–water partition coefficient (Wildman–Crippen LogP) is 3.63. The summed E-state index contributed by atoms with van der Waals surface area (Å²) < 4.78 is 0. The fraction of sp³-hybridized carbons (Fsp3) is 0. The molecule has 0 aliphatic carbocycles. The van der Waals surface area contributed by atoms with Crippen LogP contribution < -0.4 is 4.90 Å². The molecule has 3 rings (SSSR count). The van der Waals surface area contributed by atoms with Crippen LogP contribution in [0.4, 0.5) is 17.1 Å². The van der Waals surface area contributed by atoms with E-state index in [0.717, 1.165) is 0 Å². The average molecular weight is 308 g/mol. The van der Waals surface area contributed by atoms with Gasteiger partial charge in [0.25, 0.3) is 0 Å². The third-order valence-electron chi connectivity index (χ3n) is 3.19. The smallest absolute Gasteiger partial charge is 0.141 e. The largest absolute Gasteiger partial charge is 0.356 e. The van der Waals surface area contributed by atoms with Gasteiger partial charge in [-0.15, -0.1) is 0 Å². The van der Waals surface area contributed by atoms with E-state index in [-0.39, 0.29) is 0 Å². The minimum absolute atomic E-state index is 1.25. The van der Waals surface area contributed by atoms with Gasteiger partial charge >= 0.3 is 0 Å². The Kier molecular flexibility index (Phi) is 5.85. The highest BCUT2D eigenvalue weighted by molar-refractivity contribution is 5.45. The molecule has 0 spiro atoms. The van der Waals surface area contributed by atoms with Gasteiger partial charge < -0.3 is 15.3 Å². The van der Waals surface area contributed by atoms with Crippen LogP contribution in [-0.2, 0) is 0 Å². The van der Waals surface area contributed by atoms with Crippen molar-refractivity contribution in [3.8, 4) is 0 Å². The Balaban J connectivity index is 0.000000433. The SMILES string of the molecule is O=[N+]([O-])[O-].c1ccc([NH+](c2ccccc2)c2ccccc2)cc1. The van der Waals surface area contributed by atoms with Crippen molar-refractivity contribution >= 4 is 17.1 Å². The molecule has 0 saturated heterocycles. The average Bonchev–Trinajstić information content (AvgIpc) is 2.58. The number of nitrogens with one attached hydrogen (secondary N) is 1. The van der Waals surface area contributed by atoms with Crippen LogP contribution in [0.3, 0.4) is 0 Å². The molecular weight excluding hydrogens is 292 g/mol. The summed E-state index contributed by atoms with van der Waals surface area (Å²) in [4.78, 5) is 9.53. The number of hydrogen-bond donors (Lipinski definition) is 1. The van der Waals surface area contributed by atoms with Gasteiger partial charge in [0, 0.05) is 0 Å². The van der Waals surface area contributed by atoms with E-state index in [1.807, 2.05) is 0 Å². The van der Waals surface area contributed by atoms with E-state index in [1.165, 1.54) is 22.0 Å². The van der Waals surface area contributed by atoms with Crippen molar-refractivity contribution in [2.75, 3.05) is 0 Å². The second-order valence-electron chi connectivity index (χ2n) is 4.70. The number of rotatable bonds is 3. The Morgan fingerprint density at radius 1 is 0.565 bits per heavy atom. The summed E-state index contributed by atoms with van der Waals surface area (Å²) in [5, 5.41) is 14.8. The van der Waals surface area contributed by atoms with Gasteiger partial charge in [-0.25, -0.2) is 4.90 Å². The molecule has 0 aliphatic heterocycles. The van der Waals surface area contributed by atoms with E-state index >= 15 is 0 Å². The summed E-state index contributed by atoms with van der Waals surface area (Å²) in [6, 6.07) is 31.6. The van der Waals surface area contributed by atoms with Crippen molar-refractivity contribution in [1.82, 2.24) is 0 Å². The Morgan fingerprint density at radius 3 is 1.00 bits per heavy atom. The van der Waals surface area contributed by atoms with Crippen molar-refractivity contribution < 1.29 is 9.99 Å². The molecule has 5 nitrogen and oxygen atoms in total. The first-order chi connectivity index (χ1) is 11.2. The molecule has 0 aromatic heterocycles. The number of nitrogens with zero attached hydrogens (tertiary/aromatic N) is 1. The monoisotopic (exact) mass is 308 g/mol. The van der Waals surface area contributed by atoms with Crippen molar-refractivity contribution in [2.45, 2.75) is 0 Å². The van der Waals surface area contributed by atoms with Crippen molar-refractivity contribution in [3.05, 3.63) is 106 Å². The van der Waals surface area contributed by atoms with Crippen molar-refractivity contribution in [1.29, 1.82) is 0 Å². The molecule has 23 heavy (non-hydrogen) atoms. The Hall–Kier alpha value is -3.18. The van der Waals surface area contributed by atoms with Gasteiger partial charge in [-0.2, -0.15) is 0 Å². The lowest BCUT2D eigenvalue weighted by atomic mass is 10.2. The molecule has 0 amide bonds. The zero-order valence-electron chi connectivity index (χ0n) is 12.3. The second-order valence-corrected chi connectivity index (χ2v) is 4.70. The zero-order chi connectivity index (χ0) is 16.5. The highest BCUT2D eigenvalue weighted by Gasteiger charge is 2.17. The Morgan fingerprint density at radius 2 is 0.783 bits per heavy atom. The van der Waals surface area contributed by atoms with Gasteiger partial charge in [-0.1, -0.05) is 54.6 Å². The number of benzene rings is 3. The maximum Gasteiger partial charge on any atom is 0.141 e. The molecule has 0 saturated carbocycles. The summed E-state index contributed by atoms with van der Waals surface area (Å²) >= 11 is 0. The van der Waals surface area contributed by atoms with E-state index in [2.05, 4.69) is 91.0 Å². The topological polar surface area (TPSA) is 70.6 Å². The van der Waals surface area contributed by atoms with E-state index in [1.54, 1.807) is 0 Å². The molecule has 0 heterocycles. The minimum Gasteiger partial charge on any atom is -0.356 e. The maximum absolute atomic E-state index is 8.25. The van der Waals surface area contributed by atoms with Crippen LogP contribution in [0.2, 0.25) is 0 Å². The number of hydrogen-bond acceptors (Lipinski definition) is 3. The Labute approximate surface area is 134 Å². The molecular formula is C18H16N2O3. The van der Waals surface area contributed by atoms with Crippen molar-refractivity contribution in [3.63, 3.8) is 0 Å². The fourth-order valence-corrected chi connectivity index (χ4v) is 2.31. The lowest BCUT2D eigenvalue weighted by Gasteiger charge is -2.18. The molecule has 1 N–H and O–H groups in total. The highest BCUT2D eigenvalue weighted by Crippen LogP contribution is 2.13. The molecule has 0 unspecified atom stereocenters. The van der Waals surface area contributed by atoms with E-state index in [0.29, 0.717) is 0 Å². The quantitative estimate of drug-likeness (QED) is 0.593. The molecule has 0 radical (unpaired) electrons. The third kappa shape index (κ3) is 4.94. The van der Waals surface area contributed by atoms with Crippen LogP contribution in [0.1, 0.15) is 0 Å². The zero-order valence-corrected chi connectivity index (χ0v) is 12.3. The van der Waals surface area contributed by atoms with Crippen LogP contribution >= 0.6 is 0 Å². The van der Waals surface area contributed by atoms with Crippen LogP contribution in [0.5, 0.6) is 0 Å². The number of para-hydroxylation sites is 3. The van der Waals surface area contributed by atoms with Crippen LogP contribution in [0, 0.1) is 15.3 Å². The number of quaternary nitrogens is 1. The summed E-state index contributed by atoms with van der Waals surface area (Å²) in [5.74, 6) is 0. The summed E-state index contributed by atoms with van der Waals surface area (Å²) in [5.41, 5.74) is 3.75. The van der Waals surface area contributed by atoms with Gasteiger partial charge in [0.15, 0.2) is 0 Å². The summed E-state index contributed by atoms with van der Waals surface area (Å²) in [6.07, 6.45) is 0. The van der Waals surface area contributed by atoms with Crippen LogP contribution in [-0.4, -0.2) is 5.09 Å². The highest BCUT2D eigenvalue weighted by atomic mass is 16.9. The lowest BCUT2D eigenvalue weighted by Crippen LogP contribution is -2.96. The molecule has 0 bridgehead atoms. The first-order valence-corrected chi connectivity index (χ1v) is 7.03. The van der Waals surface area contributed by atoms with E-state index in [9.17, 15) is 0 Å². The van der Waals surface area contributed by atoms with E-state index < -0.39 is 5.09 Å². The van der Waals surface area contributed by atoms with Gasteiger partial charge in [-0.05, 0) is 36.4 Å². The standard InChI is InChI=1S/C18H15N.NO3/c1-4-10-16(11-5-1)19(17-12-6-2-7-13-17)18-14-8-3-9-15-18;2-1(3)4/h1-15H;/q;-1/p+1. The molecule has 0 atom stereocenters. The minimum atomic E-state index is -1.75. The van der Waals surface area contributed by atoms with Crippen LogP contribution in [0.15, 0.2) is 91.0 Å². The molecule has 3 aromatic carbocycles.